The lowest BCUT2D eigenvalue weighted by molar-refractivity contribution is -0.230. The molecule has 2 saturated heterocycles. The Morgan fingerprint density at radius 1 is 1.75 bits per heavy atom. The second-order valence-electron chi connectivity index (χ2n) is 3.59. The topological polar surface area (TPSA) is 49.8 Å². The van der Waals surface area contributed by atoms with E-state index in [0.717, 1.165) is 19.4 Å². The molecule has 12 heavy (non-hydrogen) atoms. The molecule has 4 heteroatoms. The second-order valence-corrected chi connectivity index (χ2v) is 3.59. The fourth-order valence-corrected chi connectivity index (χ4v) is 1.86. The molecule has 0 bridgehead atoms. The van der Waals surface area contributed by atoms with E-state index in [1.165, 1.54) is 6.92 Å². The third-order valence-electron chi connectivity index (χ3n) is 2.59. The Hall–Kier alpha value is -0.610. The van der Waals surface area contributed by atoms with Crippen LogP contribution in [0, 0.1) is 0 Å². The molecule has 1 N–H and O–H groups in total. The molecule has 0 radical (unpaired) electrons. The van der Waals surface area contributed by atoms with Crippen LogP contribution in [0.4, 0.5) is 0 Å². The van der Waals surface area contributed by atoms with Gasteiger partial charge >= 0.3 is 0 Å². The maximum Gasteiger partial charge on any atom is 0.282 e. The van der Waals surface area contributed by atoms with Crippen LogP contribution in [-0.4, -0.2) is 40.9 Å². The van der Waals surface area contributed by atoms with Crippen molar-refractivity contribution in [2.45, 2.75) is 31.6 Å². The number of rotatable bonds is 0. The first-order valence-electron chi connectivity index (χ1n) is 4.29. The van der Waals surface area contributed by atoms with E-state index in [9.17, 15) is 9.90 Å². The number of hydrogen-bond acceptors (Lipinski definition) is 3. The zero-order valence-electron chi connectivity index (χ0n) is 7.12. The molecule has 0 aromatic heterocycles. The van der Waals surface area contributed by atoms with Crippen LogP contribution in [0.15, 0.2) is 0 Å². The lowest BCUT2D eigenvalue weighted by Gasteiger charge is -2.37. The van der Waals surface area contributed by atoms with E-state index < -0.39 is 5.79 Å². The molecule has 2 rings (SSSR count). The van der Waals surface area contributed by atoms with Crippen LogP contribution in [0.1, 0.15) is 19.8 Å². The van der Waals surface area contributed by atoms with E-state index in [1.807, 2.05) is 0 Å². The van der Waals surface area contributed by atoms with E-state index in [2.05, 4.69) is 0 Å². The molecule has 0 aromatic carbocycles. The molecule has 0 aliphatic carbocycles. The van der Waals surface area contributed by atoms with Gasteiger partial charge in [-0.2, -0.15) is 0 Å². The lowest BCUT2D eigenvalue weighted by atomic mass is 10.1. The molecule has 2 aliphatic rings. The molecule has 4 nitrogen and oxygen atoms in total. The van der Waals surface area contributed by atoms with Gasteiger partial charge in [0.15, 0.2) is 0 Å². The Labute approximate surface area is 71.1 Å². The van der Waals surface area contributed by atoms with Crippen molar-refractivity contribution in [3.05, 3.63) is 0 Å². The monoisotopic (exact) mass is 171 g/mol. The van der Waals surface area contributed by atoms with Gasteiger partial charge in [-0.05, 0) is 19.8 Å². The average molecular weight is 171 g/mol. The summed E-state index contributed by atoms with van der Waals surface area (Å²) in [7, 11) is 0. The zero-order valence-corrected chi connectivity index (χ0v) is 7.12. The molecular weight excluding hydrogens is 158 g/mol. The molecule has 2 atom stereocenters. The van der Waals surface area contributed by atoms with Gasteiger partial charge in [-0.15, -0.1) is 0 Å². The van der Waals surface area contributed by atoms with Gasteiger partial charge in [0.05, 0.1) is 12.6 Å². The summed E-state index contributed by atoms with van der Waals surface area (Å²) in [6.07, 6.45) is 2.03. The summed E-state index contributed by atoms with van der Waals surface area (Å²) in [5.41, 5.74) is 0. The fraction of sp³-hybridized carbons (Fsp3) is 0.875. The average Bonchev–Trinajstić information content (AvgIpc) is 2.45. The highest BCUT2D eigenvalue weighted by Gasteiger charge is 2.45. The Bertz CT molecular complexity index is 214. The Morgan fingerprint density at radius 2 is 2.50 bits per heavy atom. The maximum atomic E-state index is 11.5. The minimum absolute atomic E-state index is 0.206. The highest BCUT2D eigenvalue weighted by Crippen LogP contribution is 2.27. The number of carbonyl (C=O) groups is 1. The number of carbonyl (C=O) groups excluding carboxylic acids is 1. The molecule has 0 saturated carbocycles. The van der Waals surface area contributed by atoms with Gasteiger partial charge in [0.25, 0.3) is 5.91 Å². The lowest BCUT2D eigenvalue weighted by Crippen LogP contribution is -2.57. The van der Waals surface area contributed by atoms with Gasteiger partial charge in [0, 0.05) is 6.54 Å². The molecule has 1 amide bonds. The highest BCUT2D eigenvalue weighted by molar-refractivity contribution is 5.84. The van der Waals surface area contributed by atoms with Crippen molar-refractivity contribution in [2.24, 2.45) is 0 Å². The molecule has 0 aromatic rings. The Balaban J connectivity index is 2.19. The minimum atomic E-state index is -1.58. The number of hydrogen-bond donors (Lipinski definition) is 1. The van der Waals surface area contributed by atoms with Crippen LogP contribution in [-0.2, 0) is 9.53 Å². The summed E-state index contributed by atoms with van der Waals surface area (Å²) in [6.45, 7) is 2.64. The number of nitrogens with zero attached hydrogens (tertiary/aromatic N) is 1. The number of morpholine rings is 1. The molecule has 2 fully saturated rings. The van der Waals surface area contributed by atoms with Gasteiger partial charge in [0.2, 0.25) is 5.79 Å². The molecule has 0 spiro atoms. The van der Waals surface area contributed by atoms with E-state index in [-0.39, 0.29) is 11.9 Å². The van der Waals surface area contributed by atoms with Crippen molar-refractivity contribution in [3.8, 4) is 0 Å². The maximum absolute atomic E-state index is 11.5. The summed E-state index contributed by atoms with van der Waals surface area (Å²) in [5, 5.41) is 9.48. The van der Waals surface area contributed by atoms with E-state index in [1.54, 1.807) is 4.90 Å². The van der Waals surface area contributed by atoms with Crippen LogP contribution >= 0.6 is 0 Å². The summed E-state index contributed by atoms with van der Waals surface area (Å²) < 4.78 is 5.06. The van der Waals surface area contributed by atoms with Crippen LogP contribution in [0.3, 0.4) is 0 Å². The standard InChI is InChI=1S/C8H13NO3/c1-8(11)7(10)9-4-2-3-6(9)5-12-8/h6,11H,2-5H2,1H3/t6-,8?/m0/s1. The predicted octanol–water partition coefficient (Wildman–Crippen LogP) is -0.284. The van der Waals surface area contributed by atoms with Crippen molar-refractivity contribution in [3.63, 3.8) is 0 Å². The highest BCUT2D eigenvalue weighted by atomic mass is 16.6. The van der Waals surface area contributed by atoms with Gasteiger partial charge < -0.3 is 14.7 Å². The summed E-state index contributed by atoms with van der Waals surface area (Å²) in [4.78, 5) is 13.2. The third-order valence-corrected chi connectivity index (χ3v) is 2.59. The number of ether oxygens (including phenoxy) is 1. The van der Waals surface area contributed by atoms with Gasteiger partial charge in [-0.1, -0.05) is 0 Å². The molecule has 2 aliphatic heterocycles. The van der Waals surface area contributed by atoms with Crippen molar-refractivity contribution >= 4 is 5.91 Å². The van der Waals surface area contributed by atoms with Gasteiger partial charge in [-0.3, -0.25) is 4.79 Å². The van der Waals surface area contributed by atoms with Crippen LogP contribution in [0.25, 0.3) is 0 Å². The first-order valence-corrected chi connectivity index (χ1v) is 4.29. The zero-order chi connectivity index (χ0) is 8.77. The fourth-order valence-electron chi connectivity index (χ4n) is 1.86. The molecule has 68 valence electrons. The summed E-state index contributed by atoms with van der Waals surface area (Å²) in [6, 6.07) is 0.206. The third kappa shape index (κ3) is 1.03. The number of amides is 1. The minimum Gasteiger partial charge on any atom is -0.358 e. The van der Waals surface area contributed by atoms with Crippen LogP contribution < -0.4 is 0 Å². The van der Waals surface area contributed by atoms with Crippen molar-refractivity contribution in [1.29, 1.82) is 0 Å². The van der Waals surface area contributed by atoms with E-state index in [4.69, 9.17) is 4.74 Å². The summed E-state index contributed by atoms with van der Waals surface area (Å²) in [5.74, 6) is -1.86. The Kier molecular flexibility index (Phi) is 1.63. The normalized spacial score (nSPS) is 41.7. The van der Waals surface area contributed by atoms with Crippen molar-refractivity contribution in [2.75, 3.05) is 13.2 Å². The number of aliphatic hydroxyl groups is 1. The van der Waals surface area contributed by atoms with Crippen molar-refractivity contribution < 1.29 is 14.6 Å². The first-order chi connectivity index (χ1) is 5.61. The largest absolute Gasteiger partial charge is 0.358 e. The molecule has 1 unspecified atom stereocenters. The van der Waals surface area contributed by atoms with Gasteiger partial charge in [0.1, 0.15) is 0 Å². The number of fused-ring (bicyclic) bond motifs is 1. The van der Waals surface area contributed by atoms with Crippen LogP contribution in [0.2, 0.25) is 0 Å². The van der Waals surface area contributed by atoms with Crippen LogP contribution in [0.5, 0.6) is 0 Å². The van der Waals surface area contributed by atoms with E-state index >= 15 is 0 Å². The van der Waals surface area contributed by atoms with E-state index in [0.29, 0.717) is 6.61 Å². The smallest absolute Gasteiger partial charge is 0.282 e. The molecule has 2 heterocycles. The SMILES string of the molecule is CC1(O)OC[C@@H]2CCCN2C1=O. The molecular formula is C8H13NO3. The van der Waals surface area contributed by atoms with Gasteiger partial charge in [-0.25, -0.2) is 0 Å². The van der Waals surface area contributed by atoms with Crippen molar-refractivity contribution in [1.82, 2.24) is 4.90 Å². The second kappa shape index (κ2) is 2.44. The summed E-state index contributed by atoms with van der Waals surface area (Å²) >= 11 is 0. The Morgan fingerprint density at radius 3 is 3.25 bits per heavy atom. The first kappa shape index (κ1) is 8.01. The predicted molar refractivity (Wildman–Crippen MR) is 41.3 cm³/mol. The quantitative estimate of drug-likeness (QED) is 0.545.